The number of nitrogens with one attached hydrogen (secondary N) is 1. The molecule has 2 aromatic rings. The Labute approximate surface area is 131 Å². The quantitative estimate of drug-likeness (QED) is 0.941. The predicted octanol–water partition coefficient (Wildman–Crippen LogP) is 2.41. The molecule has 0 aliphatic carbocycles. The number of hydrogen-bond acceptors (Lipinski definition) is 4. The fourth-order valence-electron chi connectivity index (χ4n) is 2.99. The summed E-state index contributed by atoms with van der Waals surface area (Å²) in [6, 6.07) is 8.06. The molecular formula is C17H24N4O. The van der Waals surface area contributed by atoms with E-state index in [1.54, 1.807) is 7.11 Å². The number of piperazine rings is 1. The molecule has 1 aromatic carbocycles. The maximum Gasteiger partial charge on any atom is 0.121 e. The van der Waals surface area contributed by atoms with Crippen LogP contribution >= 0.6 is 0 Å². The zero-order chi connectivity index (χ0) is 15.5. The molecule has 1 aliphatic heterocycles. The second-order valence-electron chi connectivity index (χ2n) is 5.92. The van der Waals surface area contributed by atoms with Crippen molar-refractivity contribution in [3.8, 4) is 11.4 Å². The highest BCUT2D eigenvalue weighted by Crippen LogP contribution is 2.30. The van der Waals surface area contributed by atoms with Crippen LogP contribution in [0.4, 0.5) is 5.69 Å². The number of rotatable bonds is 4. The Morgan fingerprint density at radius 2 is 2.00 bits per heavy atom. The van der Waals surface area contributed by atoms with Crippen molar-refractivity contribution in [3.05, 3.63) is 36.2 Å². The number of aromatic nitrogens is 2. The standard InChI is InChI=1S/C17H24N4O/c1-13(2)17-16(20-9-7-18-8-10-20)12-19-21(17)14-5-4-6-15(11-14)22-3/h4-6,11-13,18H,7-10H2,1-3H3. The number of methoxy groups -OCH3 is 1. The first-order chi connectivity index (χ1) is 10.7. The van der Waals surface area contributed by atoms with Gasteiger partial charge in [-0.05, 0) is 18.1 Å². The predicted molar refractivity (Wildman–Crippen MR) is 89.3 cm³/mol. The molecule has 22 heavy (non-hydrogen) atoms. The zero-order valence-corrected chi connectivity index (χ0v) is 13.5. The van der Waals surface area contributed by atoms with Gasteiger partial charge >= 0.3 is 0 Å². The summed E-state index contributed by atoms with van der Waals surface area (Å²) < 4.78 is 7.39. The van der Waals surface area contributed by atoms with Crippen LogP contribution in [0, 0.1) is 0 Å². The molecule has 1 aliphatic rings. The van der Waals surface area contributed by atoms with Gasteiger partial charge in [0.1, 0.15) is 5.75 Å². The third-order valence-electron chi connectivity index (χ3n) is 4.09. The lowest BCUT2D eigenvalue weighted by Gasteiger charge is -2.30. The molecule has 1 N–H and O–H groups in total. The second kappa shape index (κ2) is 6.40. The molecular weight excluding hydrogens is 276 g/mol. The summed E-state index contributed by atoms with van der Waals surface area (Å²) in [5.41, 5.74) is 3.55. The van der Waals surface area contributed by atoms with Crippen molar-refractivity contribution < 1.29 is 4.74 Å². The van der Waals surface area contributed by atoms with E-state index in [9.17, 15) is 0 Å². The average molecular weight is 300 g/mol. The first-order valence-corrected chi connectivity index (χ1v) is 7.88. The van der Waals surface area contributed by atoms with Gasteiger partial charge in [0.15, 0.2) is 0 Å². The van der Waals surface area contributed by atoms with E-state index < -0.39 is 0 Å². The fraction of sp³-hybridized carbons (Fsp3) is 0.471. The van der Waals surface area contributed by atoms with Gasteiger partial charge in [-0.1, -0.05) is 19.9 Å². The van der Waals surface area contributed by atoms with E-state index in [0.29, 0.717) is 5.92 Å². The van der Waals surface area contributed by atoms with Crippen LogP contribution < -0.4 is 15.0 Å². The molecule has 1 fully saturated rings. The van der Waals surface area contributed by atoms with Crippen LogP contribution in [0.5, 0.6) is 5.75 Å². The fourth-order valence-corrected chi connectivity index (χ4v) is 2.99. The lowest BCUT2D eigenvalue weighted by Crippen LogP contribution is -2.43. The Hall–Kier alpha value is -2.01. The van der Waals surface area contributed by atoms with E-state index in [-0.39, 0.29) is 0 Å². The number of anilines is 1. The molecule has 0 atom stereocenters. The third-order valence-corrected chi connectivity index (χ3v) is 4.09. The van der Waals surface area contributed by atoms with Crippen LogP contribution in [0.15, 0.2) is 30.5 Å². The SMILES string of the molecule is COc1cccc(-n2ncc(N3CCNCC3)c2C(C)C)c1. The summed E-state index contributed by atoms with van der Waals surface area (Å²) in [7, 11) is 1.69. The molecule has 0 spiro atoms. The number of benzene rings is 1. The normalized spacial score (nSPS) is 15.4. The molecule has 1 aromatic heterocycles. The second-order valence-corrected chi connectivity index (χ2v) is 5.92. The van der Waals surface area contributed by atoms with Crippen LogP contribution in [0.1, 0.15) is 25.5 Å². The van der Waals surface area contributed by atoms with Gasteiger partial charge in [-0.2, -0.15) is 5.10 Å². The summed E-state index contributed by atoms with van der Waals surface area (Å²) in [6.07, 6.45) is 2.00. The van der Waals surface area contributed by atoms with Gasteiger partial charge in [0.2, 0.25) is 0 Å². The molecule has 3 rings (SSSR count). The Morgan fingerprint density at radius 3 is 2.68 bits per heavy atom. The molecule has 0 unspecified atom stereocenters. The molecule has 1 saturated heterocycles. The molecule has 5 nitrogen and oxygen atoms in total. The Bertz CT molecular complexity index is 629. The number of hydrogen-bond donors (Lipinski definition) is 1. The van der Waals surface area contributed by atoms with Crippen molar-refractivity contribution in [1.82, 2.24) is 15.1 Å². The lowest BCUT2D eigenvalue weighted by molar-refractivity contribution is 0.414. The third kappa shape index (κ3) is 2.81. The highest BCUT2D eigenvalue weighted by atomic mass is 16.5. The van der Waals surface area contributed by atoms with Crippen molar-refractivity contribution in [2.75, 3.05) is 38.2 Å². The monoisotopic (exact) mass is 300 g/mol. The largest absolute Gasteiger partial charge is 0.497 e. The molecule has 2 heterocycles. The minimum absolute atomic E-state index is 0.401. The summed E-state index contributed by atoms with van der Waals surface area (Å²) in [4.78, 5) is 2.43. The van der Waals surface area contributed by atoms with Gasteiger partial charge in [-0.25, -0.2) is 4.68 Å². The molecule has 0 amide bonds. The highest BCUT2D eigenvalue weighted by Gasteiger charge is 2.21. The zero-order valence-electron chi connectivity index (χ0n) is 13.5. The van der Waals surface area contributed by atoms with Gasteiger partial charge in [0.05, 0.1) is 30.4 Å². The summed E-state index contributed by atoms with van der Waals surface area (Å²) in [5.74, 6) is 1.25. The summed E-state index contributed by atoms with van der Waals surface area (Å²) in [6.45, 7) is 8.57. The van der Waals surface area contributed by atoms with Crippen LogP contribution in [0.3, 0.4) is 0 Å². The average Bonchev–Trinajstić information content (AvgIpc) is 3.01. The van der Waals surface area contributed by atoms with Gasteiger partial charge in [0.25, 0.3) is 0 Å². The van der Waals surface area contributed by atoms with Crippen LogP contribution in [0.25, 0.3) is 5.69 Å². The van der Waals surface area contributed by atoms with E-state index in [1.165, 1.54) is 11.4 Å². The van der Waals surface area contributed by atoms with Gasteiger partial charge < -0.3 is 15.0 Å². The van der Waals surface area contributed by atoms with Crippen molar-refractivity contribution in [2.24, 2.45) is 0 Å². The molecule has 5 heteroatoms. The first-order valence-electron chi connectivity index (χ1n) is 7.88. The molecule has 0 bridgehead atoms. The summed E-state index contributed by atoms with van der Waals surface area (Å²) in [5, 5.41) is 8.06. The minimum Gasteiger partial charge on any atom is -0.497 e. The van der Waals surface area contributed by atoms with Crippen molar-refractivity contribution >= 4 is 5.69 Å². The van der Waals surface area contributed by atoms with Crippen LogP contribution in [0.2, 0.25) is 0 Å². The lowest BCUT2D eigenvalue weighted by atomic mass is 10.1. The maximum absolute atomic E-state index is 5.34. The van der Waals surface area contributed by atoms with Gasteiger partial charge in [-0.15, -0.1) is 0 Å². The number of nitrogens with zero attached hydrogens (tertiary/aromatic N) is 3. The Morgan fingerprint density at radius 1 is 1.23 bits per heavy atom. The van der Waals surface area contributed by atoms with Crippen molar-refractivity contribution in [3.63, 3.8) is 0 Å². The van der Waals surface area contributed by atoms with E-state index in [4.69, 9.17) is 4.74 Å². The van der Waals surface area contributed by atoms with Gasteiger partial charge in [0, 0.05) is 32.2 Å². The van der Waals surface area contributed by atoms with E-state index in [2.05, 4.69) is 35.2 Å². The first kappa shape index (κ1) is 14.9. The van der Waals surface area contributed by atoms with Crippen LogP contribution in [-0.2, 0) is 0 Å². The minimum atomic E-state index is 0.401. The van der Waals surface area contributed by atoms with Crippen LogP contribution in [-0.4, -0.2) is 43.1 Å². The maximum atomic E-state index is 5.34. The molecule has 118 valence electrons. The Balaban J connectivity index is 2.02. The number of ether oxygens (including phenoxy) is 1. The van der Waals surface area contributed by atoms with Gasteiger partial charge in [-0.3, -0.25) is 0 Å². The molecule has 0 saturated carbocycles. The topological polar surface area (TPSA) is 42.3 Å². The van der Waals surface area contributed by atoms with E-state index in [0.717, 1.165) is 37.6 Å². The molecule has 0 radical (unpaired) electrons. The van der Waals surface area contributed by atoms with Crippen molar-refractivity contribution in [2.45, 2.75) is 19.8 Å². The summed E-state index contributed by atoms with van der Waals surface area (Å²) >= 11 is 0. The smallest absolute Gasteiger partial charge is 0.121 e. The highest BCUT2D eigenvalue weighted by molar-refractivity contribution is 5.55. The van der Waals surface area contributed by atoms with Crippen molar-refractivity contribution in [1.29, 1.82) is 0 Å². The van der Waals surface area contributed by atoms with E-state index >= 15 is 0 Å². The Kier molecular flexibility index (Phi) is 4.34. The van der Waals surface area contributed by atoms with E-state index in [1.807, 2.05) is 29.1 Å².